The van der Waals surface area contributed by atoms with Gasteiger partial charge in [0.15, 0.2) is 11.3 Å². The Balaban J connectivity index is 1.40. The Bertz CT molecular complexity index is 1120. The van der Waals surface area contributed by atoms with Gasteiger partial charge in [0.05, 0.1) is 30.5 Å². The average molecular weight is 372 g/mol. The van der Waals surface area contributed by atoms with Crippen molar-refractivity contribution in [1.29, 1.82) is 0 Å². The summed E-state index contributed by atoms with van der Waals surface area (Å²) in [4.78, 5) is 27.1. The van der Waals surface area contributed by atoms with E-state index in [1.807, 2.05) is 23.1 Å². The van der Waals surface area contributed by atoms with E-state index in [1.165, 1.54) is 5.56 Å². The van der Waals surface area contributed by atoms with Crippen LogP contribution >= 0.6 is 0 Å². The van der Waals surface area contributed by atoms with E-state index in [-0.39, 0.29) is 11.8 Å². The van der Waals surface area contributed by atoms with Crippen LogP contribution in [0.2, 0.25) is 0 Å². The first kappa shape index (κ1) is 16.7. The number of benzene rings is 1. The second kappa shape index (κ2) is 6.92. The quantitative estimate of drug-likeness (QED) is 0.597. The monoisotopic (exact) mass is 372 g/mol. The molecule has 28 heavy (non-hydrogen) atoms. The van der Waals surface area contributed by atoms with Crippen LogP contribution in [0.4, 0.5) is 0 Å². The lowest BCUT2D eigenvalue weighted by molar-refractivity contribution is 0.0703. The normalized spacial score (nSPS) is 16.3. The molecule has 1 amide bonds. The maximum atomic E-state index is 13.2. The molecule has 4 aromatic rings. The van der Waals surface area contributed by atoms with Crippen LogP contribution in [0, 0.1) is 0 Å². The fraction of sp³-hybridized carbons (Fsp3) is 0.238. The van der Waals surface area contributed by atoms with Crippen molar-refractivity contribution in [2.75, 3.05) is 6.54 Å². The Hall–Kier alpha value is -3.48. The summed E-state index contributed by atoms with van der Waals surface area (Å²) in [6.45, 7) is 1.17. The summed E-state index contributed by atoms with van der Waals surface area (Å²) >= 11 is 0. The molecule has 5 rings (SSSR count). The van der Waals surface area contributed by atoms with Crippen LogP contribution in [-0.4, -0.2) is 41.9 Å². The summed E-state index contributed by atoms with van der Waals surface area (Å²) in [5.74, 6) is 0.141. The van der Waals surface area contributed by atoms with Crippen molar-refractivity contribution in [3.05, 3.63) is 83.8 Å². The molecule has 0 bridgehead atoms. The lowest BCUT2D eigenvalue weighted by Crippen LogP contribution is -2.39. The molecule has 1 atom stereocenters. The predicted molar refractivity (Wildman–Crippen MR) is 104 cm³/mol. The summed E-state index contributed by atoms with van der Waals surface area (Å²) in [6, 6.07) is 14.1. The molecule has 0 saturated carbocycles. The molecule has 1 unspecified atom stereocenters. The maximum absolute atomic E-state index is 13.2. The number of nitrogens with zero attached hydrogens (tertiary/aromatic N) is 5. The molecule has 3 aromatic heterocycles. The van der Waals surface area contributed by atoms with Gasteiger partial charge >= 0.3 is 0 Å². The molecule has 0 radical (unpaired) electrons. The first-order chi connectivity index (χ1) is 13.8. The van der Waals surface area contributed by atoms with Gasteiger partial charge in [-0.2, -0.15) is 5.10 Å². The van der Waals surface area contributed by atoms with E-state index in [4.69, 9.17) is 0 Å². The molecule has 0 fully saturated rings. The highest BCUT2D eigenvalue weighted by atomic mass is 16.2. The Morgan fingerprint density at radius 3 is 2.93 bits per heavy atom. The van der Waals surface area contributed by atoms with E-state index in [0.29, 0.717) is 24.4 Å². The summed E-state index contributed by atoms with van der Waals surface area (Å²) in [5, 5.41) is 4.27. The highest BCUT2D eigenvalue weighted by molar-refractivity contribution is 5.93. The van der Waals surface area contributed by atoms with Crippen LogP contribution < -0.4 is 0 Å². The molecule has 1 aromatic carbocycles. The van der Waals surface area contributed by atoms with Gasteiger partial charge in [-0.05, 0) is 30.5 Å². The van der Waals surface area contributed by atoms with Gasteiger partial charge in [-0.3, -0.25) is 4.79 Å². The van der Waals surface area contributed by atoms with Gasteiger partial charge in [0, 0.05) is 18.7 Å². The highest BCUT2D eigenvalue weighted by Crippen LogP contribution is 2.30. The Morgan fingerprint density at radius 2 is 2.04 bits per heavy atom. The van der Waals surface area contributed by atoms with E-state index >= 15 is 0 Å². The number of carbonyl (C=O) groups excluding carboxylic acids is 1. The zero-order valence-corrected chi connectivity index (χ0v) is 15.3. The fourth-order valence-electron chi connectivity index (χ4n) is 3.92. The number of aromatic nitrogens is 5. The number of carbonyl (C=O) groups is 1. The van der Waals surface area contributed by atoms with Crippen molar-refractivity contribution in [2.24, 2.45) is 0 Å². The number of rotatable bonds is 4. The lowest BCUT2D eigenvalue weighted by atomic mass is 9.92. The van der Waals surface area contributed by atoms with Crippen LogP contribution in [0.1, 0.15) is 39.8 Å². The standard InChI is InChI=1S/C21H20N6O/c28-21(18-11-22-19-7-4-10-25-27(18)19)26-12-16(20-17(13-26)23-14-24-20)9-8-15-5-2-1-3-6-15/h1-7,10-11,14,16H,8-9,12-13H2,(H,23,24). The third kappa shape index (κ3) is 2.94. The van der Waals surface area contributed by atoms with Crippen molar-refractivity contribution in [3.63, 3.8) is 0 Å². The van der Waals surface area contributed by atoms with Crippen molar-refractivity contribution in [2.45, 2.75) is 25.3 Å². The SMILES string of the molecule is O=C(c1cnc2cccnn12)N1Cc2[nH]cnc2C(CCc2ccccc2)C1. The molecule has 140 valence electrons. The molecule has 0 saturated heterocycles. The van der Waals surface area contributed by atoms with E-state index < -0.39 is 0 Å². The van der Waals surface area contributed by atoms with Crippen molar-refractivity contribution >= 4 is 11.6 Å². The maximum Gasteiger partial charge on any atom is 0.274 e. The van der Waals surface area contributed by atoms with E-state index in [0.717, 1.165) is 24.2 Å². The van der Waals surface area contributed by atoms with Crippen molar-refractivity contribution in [3.8, 4) is 0 Å². The van der Waals surface area contributed by atoms with Crippen molar-refractivity contribution in [1.82, 2.24) is 29.5 Å². The van der Waals surface area contributed by atoms with Gasteiger partial charge in [0.1, 0.15) is 0 Å². The van der Waals surface area contributed by atoms with Crippen LogP contribution in [0.5, 0.6) is 0 Å². The number of aromatic amines is 1. The zero-order valence-electron chi connectivity index (χ0n) is 15.3. The minimum Gasteiger partial charge on any atom is -0.347 e. The smallest absolute Gasteiger partial charge is 0.274 e. The molecule has 1 aliphatic heterocycles. The van der Waals surface area contributed by atoms with Crippen molar-refractivity contribution < 1.29 is 4.79 Å². The molecule has 1 N–H and O–H groups in total. The number of amides is 1. The number of imidazole rings is 2. The highest BCUT2D eigenvalue weighted by Gasteiger charge is 2.31. The summed E-state index contributed by atoms with van der Waals surface area (Å²) in [7, 11) is 0. The van der Waals surface area contributed by atoms with Gasteiger partial charge in [0.25, 0.3) is 5.91 Å². The third-order valence-electron chi connectivity index (χ3n) is 5.34. The summed E-state index contributed by atoms with van der Waals surface area (Å²) in [5.41, 5.74) is 4.55. The molecule has 0 aliphatic carbocycles. The zero-order chi connectivity index (χ0) is 18.9. The van der Waals surface area contributed by atoms with Gasteiger partial charge in [-0.25, -0.2) is 14.5 Å². The number of nitrogens with one attached hydrogen (secondary N) is 1. The lowest BCUT2D eigenvalue weighted by Gasteiger charge is -2.32. The van der Waals surface area contributed by atoms with E-state index in [2.05, 4.69) is 44.3 Å². The number of hydrogen-bond acceptors (Lipinski definition) is 4. The predicted octanol–water partition coefficient (Wildman–Crippen LogP) is 2.82. The number of hydrogen-bond donors (Lipinski definition) is 1. The average Bonchev–Trinajstić information content (AvgIpc) is 3.39. The van der Waals surface area contributed by atoms with Gasteiger partial charge in [-0.1, -0.05) is 30.3 Å². The topological polar surface area (TPSA) is 79.2 Å². The molecule has 7 nitrogen and oxygen atoms in total. The molecule has 4 heterocycles. The van der Waals surface area contributed by atoms with Gasteiger partial charge in [-0.15, -0.1) is 0 Å². The molecule has 0 spiro atoms. The minimum absolute atomic E-state index is 0.0591. The van der Waals surface area contributed by atoms with Gasteiger partial charge in [0.2, 0.25) is 0 Å². The van der Waals surface area contributed by atoms with Crippen LogP contribution in [0.3, 0.4) is 0 Å². The van der Waals surface area contributed by atoms with E-state index in [9.17, 15) is 4.79 Å². The number of fused-ring (bicyclic) bond motifs is 2. The van der Waals surface area contributed by atoms with Crippen LogP contribution in [0.15, 0.2) is 61.2 Å². The summed E-state index contributed by atoms with van der Waals surface area (Å²) < 4.78 is 1.60. The first-order valence-electron chi connectivity index (χ1n) is 9.43. The van der Waals surface area contributed by atoms with Crippen LogP contribution in [-0.2, 0) is 13.0 Å². The number of H-pyrrole nitrogens is 1. The van der Waals surface area contributed by atoms with Crippen LogP contribution in [0.25, 0.3) is 5.65 Å². The van der Waals surface area contributed by atoms with Gasteiger partial charge < -0.3 is 9.88 Å². The second-order valence-corrected chi connectivity index (χ2v) is 7.11. The van der Waals surface area contributed by atoms with E-state index in [1.54, 1.807) is 23.2 Å². The third-order valence-corrected chi connectivity index (χ3v) is 5.34. The first-order valence-corrected chi connectivity index (χ1v) is 9.43. The second-order valence-electron chi connectivity index (χ2n) is 7.11. The number of aryl methyl sites for hydroxylation is 1. The molecule has 1 aliphatic rings. The molecular weight excluding hydrogens is 352 g/mol. The minimum atomic E-state index is -0.0591. The molecule has 7 heteroatoms. The fourth-order valence-corrected chi connectivity index (χ4v) is 3.92. The Labute approximate surface area is 162 Å². The summed E-state index contributed by atoms with van der Waals surface area (Å²) in [6.07, 6.45) is 6.89. The Morgan fingerprint density at radius 1 is 1.14 bits per heavy atom. The Kier molecular flexibility index (Phi) is 4.12. The molecular formula is C21H20N6O. The largest absolute Gasteiger partial charge is 0.347 e.